The van der Waals surface area contributed by atoms with Crippen LogP contribution in [0.4, 0.5) is 5.13 Å². The van der Waals surface area contributed by atoms with Gasteiger partial charge in [0.15, 0.2) is 10.8 Å². The molecular formula is C19H17N5OS. The summed E-state index contributed by atoms with van der Waals surface area (Å²) in [6.45, 7) is 2.69. The fraction of sp³-hybridized carbons (Fsp3) is 0.158. The first-order valence-corrected chi connectivity index (χ1v) is 9.18. The SMILES string of the molecule is CCc1ccc2nc(NC(=O)c3cn(Cc4ccccc4)nn3)sc2c1. The van der Waals surface area contributed by atoms with Crippen molar-refractivity contribution >= 4 is 32.6 Å². The number of aryl methyl sites for hydroxylation is 1. The fourth-order valence-electron chi connectivity index (χ4n) is 2.65. The van der Waals surface area contributed by atoms with Crippen LogP contribution in [0.1, 0.15) is 28.5 Å². The predicted molar refractivity (Wildman–Crippen MR) is 103 cm³/mol. The Balaban J connectivity index is 1.48. The van der Waals surface area contributed by atoms with Crippen molar-refractivity contribution in [3.8, 4) is 0 Å². The van der Waals surface area contributed by atoms with E-state index in [4.69, 9.17) is 0 Å². The van der Waals surface area contributed by atoms with E-state index in [1.807, 2.05) is 36.4 Å². The first-order valence-electron chi connectivity index (χ1n) is 8.36. The van der Waals surface area contributed by atoms with E-state index >= 15 is 0 Å². The van der Waals surface area contributed by atoms with Crippen LogP contribution in [0.5, 0.6) is 0 Å². The van der Waals surface area contributed by atoms with Crippen LogP contribution in [0.2, 0.25) is 0 Å². The number of hydrogen-bond donors (Lipinski definition) is 1. The molecule has 130 valence electrons. The third kappa shape index (κ3) is 3.48. The van der Waals surface area contributed by atoms with Gasteiger partial charge in [-0.3, -0.25) is 10.1 Å². The smallest absolute Gasteiger partial charge is 0.279 e. The lowest BCUT2D eigenvalue weighted by Gasteiger charge is -1.99. The van der Waals surface area contributed by atoms with Gasteiger partial charge in [0.2, 0.25) is 0 Å². The minimum absolute atomic E-state index is 0.273. The Morgan fingerprint density at radius 3 is 2.81 bits per heavy atom. The Hall–Kier alpha value is -3.06. The first kappa shape index (κ1) is 16.4. The van der Waals surface area contributed by atoms with Crippen molar-refractivity contribution in [1.29, 1.82) is 0 Å². The van der Waals surface area contributed by atoms with Crippen molar-refractivity contribution in [3.63, 3.8) is 0 Å². The van der Waals surface area contributed by atoms with Crippen LogP contribution in [0, 0.1) is 0 Å². The van der Waals surface area contributed by atoms with E-state index in [0.29, 0.717) is 11.7 Å². The van der Waals surface area contributed by atoms with Gasteiger partial charge in [0.25, 0.3) is 5.91 Å². The molecule has 1 N–H and O–H groups in total. The van der Waals surface area contributed by atoms with E-state index in [2.05, 4.69) is 39.7 Å². The van der Waals surface area contributed by atoms with Crippen LogP contribution in [-0.2, 0) is 13.0 Å². The third-order valence-electron chi connectivity index (χ3n) is 4.04. The lowest BCUT2D eigenvalue weighted by Crippen LogP contribution is -2.12. The van der Waals surface area contributed by atoms with Gasteiger partial charge in [0.05, 0.1) is 23.0 Å². The second-order valence-corrected chi connectivity index (χ2v) is 6.95. The highest BCUT2D eigenvalue weighted by atomic mass is 32.1. The van der Waals surface area contributed by atoms with Gasteiger partial charge in [0, 0.05) is 0 Å². The van der Waals surface area contributed by atoms with Gasteiger partial charge in [0.1, 0.15) is 0 Å². The number of benzene rings is 2. The minimum atomic E-state index is -0.306. The molecule has 0 saturated carbocycles. The van der Waals surface area contributed by atoms with Crippen molar-refractivity contribution in [2.24, 2.45) is 0 Å². The summed E-state index contributed by atoms with van der Waals surface area (Å²) in [5.41, 5.74) is 3.51. The second kappa shape index (κ2) is 7.05. The molecule has 0 aliphatic carbocycles. The number of amides is 1. The van der Waals surface area contributed by atoms with E-state index in [0.717, 1.165) is 22.2 Å². The number of nitrogens with zero attached hydrogens (tertiary/aromatic N) is 4. The van der Waals surface area contributed by atoms with E-state index in [1.165, 1.54) is 16.9 Å². The molecule has 1 amide bonds. The van der Waals surface area contributed by atoms with Crippen LogP contribution in [0.15, 0.2) is 54.7 Å². The summed E-state index contributed by atoms with van der Waals surface area (Å²) in [6.07, 6.45) is 2.62. The summed E-state index contributed by atoms with van der Waals surface area (Å²) in [4.78, 5) is 16.9. The van der Waals surface area contributed by atoms with Gasteiger partial charge in [-0.2, -0.15) is 0 Å². The summed E-state index contributed by atoms with van der Waals surface area (Å²) in [5, 5.41) is 11.4. The van der Waals surface area contributed by atoms with E-state index in [-0.39, 0.29) is 11.6 Å². The van der Waals surface area contributed by atoms with Gasteiger partial charge >= 0.3 is 0 Å². The average Bonchev–Trinajstić information content (AvgIpc) is 3.28. The molecule has 4 rings (SSSR count). The second-order valence-electron chi connectivity index (χ2n) is 5.92. The maximum Gasteiger partial charge on any atom is 0.279 e. The van der Waals surface area contributed by atoms with Gasteiger partial charge < -0.3 is 0 Å². The largest absolute Gasteiger partial charge is 0.296 e. The topological polar surface area (TPSA) is 72.7 Å². The standard InChI is InChI=1S/C19H17N5OS/c1-2-13-8-9-15-17(10-13)26-19(20-15)21-18(25)16-12-24(23-22-16)11-14-6-4-3-5-7-14/h3-10,12H,2,11H2,1H3,(H,20,21,25). The third-order valence-corrected chi connectivity index (χ3v) is 4.97. The molecule has 26 heavy (non-hydrogen) atoms. The quantitative estimate of drug-likeness (QED) is 0.586. The number of thiazole rings is 1. The molecule has 4 aromatic rings. The molecule has 6 nitrogen and oxygen atoms in total. The van der Waals surface area contributed by atoms with Crippen molar-refractivity contribution < 1.29 is 4.79 Å². The zero-order valence-corrected chi connectivity index (χ0v) is 15.0. The van der Waals surface area contributed by atoms with Crippen LogP contribution >= 0.6 is 11.3 Å². The van der Waals surface area contributed by atoms with Crippen LogP contribution < -0.4 is 5.32 Å². The summed E-state index contributed by atoms with van der Waals surface area (Å²) >= 11 is 1.46. The molecule has 0 radical (unpaired) electrons. The van der Waals surface area contributed by atoms with Gasteiger partial charge in [-0.05, 0) is 29.7 Å². The number of rotatable bonds is 5. The van der Waals surface area contributed by atoms with Crippen molar-refractivity contribution in [2.45, 2.75) is 19.9 Å². The number of nitrogens with one attached hydrogen (secondary N) is 1. The minimum Gasteiger partial charge on any atom is -0.296 e. The van der Waals surface area contributed by atoms with E-state index in [1.54, 1.807) is 10.9 Å². The Labute approximate surface area is 154 Å². The van der Waals surface area contributed by atoms with Crippen LogP contribution in [-0.4, -0.2) is 25.9 Å². The highest BCUT2D eigenvalue weighted by Gasteiger charge is 2.14. The maximum absolute atomic E-state index is 12.4. The normalized spacial score (nSPS) is 11.0. The average molecular weight is 363 g/mol. The molecule has 2 aromatic heterocycles. The van der Waals surface area contributed by atoms with Crippen molar-refractivity contribution in [1.82, 2.24) is 20.0 Å². The van der Waals surface area contributed by atoms with Gasteiger partial charge in [-0.1, -0.05) is 59.9 Å². The highest BCUT2D eigenvalue weighted by molar-refractivity contribution is 7.22. The molecule has 0 aliphatic rings. The van der Waals surface area contributed by atoms with E-state index in [9.17, 15) is 4.79 Å². The van der Waals surface area contributed by atoms with Crippen molar-refractivity contribution in [2.75, 3.05) is 5.32 Å². The molecule has 0 fully saturated rings. The number of carbonyl (C=O) groups excluding carboxylic acids is 1. The molecular weight excluding hydrogens is 346 g/mol. The molecule has 0 spiro atoms. The van der Waals surface area contributed by atoms with Gasteiger partial charge in [-0.15, -0.1) is 5.10 Å². The number of carbonyl (C=O) groups is 1. The Morgan fingerprint density at radius 2 is 2.00 bits per heavy atom. The predicted octanol–water partition coefficient (Wildman–Crippen LogP) is 3.75. The van der Waals surface area contributed by atoms with Crippen LogP contribution in [0.25, 0.3) is 10.2 Å². The number of hydrogen-bond acceptors (Lipinski definition) is 5. The maximum atomic E-state index is 12.4. The summed E-state index contributed by atoms with van der Waals surface area (Å²) in [7, 11) is 0. The van der Waals surface area contributed by atoms with Gasteiger partial charge in [-0.25, -0.2) is 9.67 Å². The summed E-state index contributed by atoms with van der Waals surface area (Å²) in [6, 6.07) is 16.1. The first-order chi connectivity index (χ1) is 12.7. The summed E-state index contributed by atoms with van der Waals surface area (Å²) in [5.74, 6) is -0.306. The Kier molecular flexibility index (Phi) is 4.45. The Bertz CT molecular complexity index is 1050. The Morgan fingerprint density at radius 1 is 1.15 bits per heavy atom. The zero-order chi connectivity index (χ0) is 17.9. The zero-order valence-electron chi connectivity index (χ0n) is 14.2. The molecule has 0 atom stereocenters. The number of aromatic nitrogens is 4. The fourth-order valence-corrected chi connectivity index (χ4v) is 3.58. The molecule has 7 heteroatoms. The van der Waals surface area contributed by atoms with E-state index < -0.39 is 0 Å². The molecule has 0 unspecified atom stereocenters. The monoisotopic (exact) mass is 363 g/mol. The molecule has 2 heterocycles. The lowest BCUT2D eigenvalue weighted by atomic mass is 10.2. The number of fused-ring (bicyclic) bond motifs is 1. The number of anilines is 1. The van der Waals surface area contributed by atoms with Crippen LogP contribution in [0.3, 0.4) is 0 Å². The molecule has 0 aliphatic heterocycles. The highest BCUT2D eigenvalue weighted by Crippen LogP contribution is 2.27. The lowest BCUT2D eigenvalue weighted by molar-refractivity contribution is 0.102. The molecule has 0 bridgehead atoms. The summed E-state index contributed by atoms with van der Waals surface area (Å²) < 4.78 is 2.71. The molecule has 2 aromatic carbocycles. The molecule has 0 saturated heterocycles. The van der Waals surface area contributed by atoms with Crippen molar-refractivity contribution in [3.05, 3.63) is 71.5 Å².